The van der Waals surface area contributed by atoms with Gasteiger partial charge in [0.05, 0.1) is 13.1 Å². The van der Waals surface area contributed by atoms with Crippen molar-refractivity contribution < 1.29 is 9.59 Å². The molecule has 0 spiro atoms. The number of carbonyl (C=O) groups is 2. The number of aryl methyl sites for hydroxylation is 1. The van der Waals surface area contributed by atoms with E-state index in [4.69, 9.17) is 11.5 Å². The Morgan fingerprint density at radius 3 is 2.17 bits per heavy atom. The summed E-state index contributed by atoms with van der Waals surface area (Å²) >= 11 is 0. The molecule has 0 aromatic heterocycles. The smallest absolute Gasteiger partial charge is 0.231 e. The van der Waals surface area contributed by atoms with E-state index in [9.17, 15) is 9.59 Å². The quantitative estimate of drug-likeness (QED) is 0.714. The summed E-state index contributed by atoms with van der Waals surface area (Å²) in [4.78, 5) is 23.5. The predicted octanol–water partition coefficient (Wildman–Crippen LogP) is 0.0216. The molecule has 1 aromatic rings. The van der Waals surface area contributed by atoms with Crippen LogP contribution in [-0.4, -0.2) is 29.8 Å². The van der Waals surface area contributed by atoms with Crippen LogP contribution in [0.1, 0.15) is 18.1 Å². The van der Waals surface area contributed by atoms with Crippen molar-refractivity contribution in [2.75, 3.05) is 13.1 Å². The normalized spacial score (nSPS) is 10.6. The molecule has 1 aromatic carbocycles. The molecule has 2 amide bonds. The first kappa shape index (κ1) is 14.2. The van der Waals surface area contributed by atoms with Gasteiger partial charge in [0, 0.05) is 6.54 Å². The van der Waals surface area contributed by atoms with E-state index in [0.717, 1.165) is 12.0 Å². The molecule has 5 nitrogen and oxygen atoms in total. The molecule has 0 heterocycles. The molecular formula is C13H19N3O2. The number of carbonyl (C=O) groups excluding carboxylic acids is 2. The molecule has 0 radical (unpaired) electrons. The van der Waals surface area contributed by atoms with Gasteiger partial charge in [0.2, 0.25) is 11.8 Å². The summed E-state index contributed by atoms with van der Waals surface area (Å²) < 4.78 is 0. The molecule has 98 valence electrons. The number of primary amides is 2. The van der Waals surface area contributed by atoms with Crippen LogP contribution in [0.2, 0.25) is 0 Å². The highest BCUT2D eigenvalue weighted by molar-refractivity contribution is 5.79. The summed E-state index contributed by atoms with van der Waals surface area (Å²) in [6.07, 6.45) is 0.944. The number of benzene rings is 1. The molecule has 0 unspecified atom stereocenters. The molecule has 0 atom stereocenters. The minimum atomic E-state index is -0.470. The summed E-state index contributed by atoms with van der Waals surface area (Å²) in [6.45, 7) is 2.61. The zero-order chi connectivity index (χ0) is 13.5. The van der Waals surface area contributed by atoms with E-state index in [1.165, 1.54) is 5.56 Å². The predicted molar refractivity (Wildman–Crippen MR) is 69.5 cm³/mol. The van der Waals surface area contributed by atoms with E-state index in [0.29, 0.717) is 6.54 Å². The fourth-order valence-electron chi connectivity index (χ4n) is 1.81. The van der Waals surface area contributed by atoms with Gasteiger partial charge in [0.25, 0.3) is 0 Å². The maximum absolute atomic E-state index is 10.9. The Morgan fingerprint density at radius 1 is 1.11 bits per heavy atom. The van der Waals surface area contributed by atoms with Crippen LogP contribution in [0.3, 0.4) is 0 Å². The minimum Gasteiger partial charge on any atom is -0.369 e. The largest absolute Gasteiger partial charge is 0.369 e. The molecule has 0 aliphatic heterocycles. The van der Waals surface area contributed by atoms with Crippen molar-refractivity contribution in [2.45, 2.75) is 19.9 Å². The molecule has 0 aliphatic carbocycles. The maximum atomic E-state index is 10.9. The van der Waals surface area contributed by atoms with Gasteiger partial charge in [-0.05, 0) is 17.5 Å². The van der Waals surface area contributed by atoms with Crippen molar-refractivity contribution >= 4 is 11.8 Å². The molecule has 0 saturated carbocycles. The summed E-state index contributed by atoms with van der Waals surface area (Å²) in [5, 5.41) is 0. The molecule has 0 bridgehead atoms. The fraction of sp³-hybridized carbons (Fsp3) is 0.385. The topological polar surface area (TPSA) is 89.4 Å². The van der Waals surface area contributed by atoms with Crippen LogP contribution in [0.15, 0.2) is 24.3 Å². The van der Waals surface area contributed by atoms with Crippen molar-refractivity contribution in [3.63, 3.8) is 0 Å². The fourth-order valence-corrected chi connectivity index (χ4v) is 1.81. The highest BCUT2D eigenvalue weighted by Crippen LogP contribution is 2.08. The minimum absolute atomic E-state index is 0.0271. The van der Waals surface area contributed by atoms with Crippen molar-refractivity contribution in [2.24, 2.45) is 11.5 Å². The monoisotopic (exact) mass is 249 g/mol. The van der Waals surface area contributed by atoms with Crippen LogP contribution >= 0.6 is 0 Å². The number of rotatable bonds is 7. The number of amides is 2. The average Bonchev–Trinajstić information content (AvgIpc) is 2.27. The molecule has 18 heavy (non-hydrogen) atoms. The van der Waals surface area contributed by atoms with Crippen molar-refractivity contribution in [1.29, 1.82) is 0 Å². The lowest BCUT2D eigenvalue weighted by atomic mass is 10.1. The zero-order valence-electron chi connectivity index (χ0n) is 10.6. The van der Waals surface area contributed by atoms with Crippen LogP contribution in [0, 0.1) is 0 Å². The lowest BCUT2D eigenvalue weighted by Gasteiger charge is -2.19. The van der Waals surface area contributed by atoms with E-state index < -0.39 is 11.8 Å². The van der Waals surface area contributed by atoms with Crippen LogP contribution in [0.5, 0.6) is 0 Å². The standard InChI is InChI=1S/C13H19N3O2/c1-2-10-4-3-5-11(6-10)7-16(8-12(14)17)9-13(15)18/h3-6H,2,7-9H2,1H3,(H2,14,17)(H2,15,18). The van der Waals surface area contributed by atoms with Crippen LogP contribution in [0.25, 0.3) is 0 Å². The van der Waals surface area contributed by atoms with Crippen molar-refractivity contribution in [1.82, 2.24) is 4.90 Å². The SMILES string of the molecule is CCc1cccc(CN(CC(N)=O)CC(N)=O)c1. The van der Waals surface area contributed by atoms with Crippen molar-refractivity contribution in [3.8, 4) is 0 Å². The molecule has 4 N–H and O–H groups in total. The third-order valence-electron chi connectivity index (χ3n) is 2.56. The molecule has 0 fully saturated rings. The van der Waals surface area contributed by atoms with E-state index in [1.54, 1.807) is 4.90 Å². The van der Waals surface area contributed by atoms with E-state index in [1.807, 2.05) is 18.2 Å². The first-order valence-corrected chi connectivity index (χ1v) is 5.88. The third kappa shape index (κ3) is 4.97. The molecule has 0 saturated heterocycles. The summed E-state index contributed by atoms with van der Waals surface area (Å²) in [5.41, 5.74) is 12.5. The van der Waals surface area contributed by atoms with E-state index in [2.05, 4.69) is 13.0 Å². The van der Waals surface area contributed by atoms with Crippen LogP contribution < -0.4 is 11.5 Å². The Hall–Kier alpha value is -1.88. The van der Waals surface area contributed by atoms with Gasteiger partial charge < -0.3 is 11.5 Å². The van der Waals surface area contributed by atoms with E-state index in [-0.39, 0.29) is 13.1 Å². The number of nitrogens with zero attached hydrogens (tertiary/aromatic N) is 1. The Labute approximate surface area is 107 Å². The van der Waals surface area contributed by atoms with Crippen molar-refractivity contribution in [3.05, 3.63) is 35.4 Å². The van der Waals surface area contributed by atoms with Gasteiger partial charge in [-0.3, -0.25) is 14.5 Å². The summed E-state index contributed by atoms with van der Waals surface area (Å²) in [7, 11) is 0. The molecule has 1 rings (SSSR count). The van der Waals surface area contributed by atoms with Gasteiger partial charge in [0.15, 0.2) is 0 Å². The Morgan fingerprint density at radius 2 is 1.67 bits per heavy atom. The number of hydrogen-bond donors (Lipinski definition) is 2. The molecule has 0 aliphatic rings. The lowest BCUT2D eigenvalue weighted by molar-refractivity contribution is -0.122. The van der Waals surface area contributed by atoms with Crippen LogP contribution in [-0.2, 0) is 22.6 Å². The van der Waals surface area contributed by atoms with Gasteiger partial charge in [-0.1, -0.05) is 31.2 Å². The zero-order valence-corrected chi connectivity index (χ0v) is 10.6. The highest BCUT2D eigenvalue weighted by Gasteiger charge is 2.11. The number of nitrogens with two attached hydrogens (primary N) is 2. The second-order valence-corrected chi connectivity index (χ2v) is 4.25. The maximum Gasteiger partial charge on any atom is 0.231 e. The van der Waals surface area contributed by atoms with Gasteiger partial charge in [-0.15, -0.1) is 0 Å². The first-order valence-electron chi connectivity index (χ1n) is 5.88. The lowest BCUT2D eigenvalue weighted by Crippen LogP contribution is -2.39. The average molecular weight is 249 g/mol. The Bertz CT molecular complexity index is 416. The summed E-state index contributed by atoms with van der Waals surface area (Å²) in [6, 6.07) is 8.00. The first-order chi connectivity index (χ1) is 8.51. The summed E-state index contributed by atoms with van der Waals surface area (Å²) in [5.74, 6) is -0.939. The number of hydrogen-bond acceptors (Lipinski definition) is 3. The molecule has 5 heteroatoms. The second kappa shape index (κ2) is 6.76. The van der Waals surface area contributed by atoms with E-state index >= 15 is 0 Å². The third-order valence-corrected chi connectivity index (χ3v) is 2.56. The second-order valence-electron chi connectivity index (χ2n) is 4.25. The highest BCUT2D eigenvalue weighted by atomic mass is 16.2. The van der Waals surface area contributed by atoms with Gasteiger partial charge in [-0.25, -0.2) is 0 Å². The molecular weight excluding hydrogens is 230 g/mol. The Kier molecular flexibility index (Phi) is 5.32. The Balaban J connectivity index is 2.74. The van der Waals surface area contributed by atoms with Gasteiger partial charge in [-0.2, -0.15) is 0 Å². The van der Waals surface area contributed by atoms with Crippen LogP contribution in [0.4, 0.5) is 0 Å². The van der Waals surface area contributed by atoms with Gasteiger partial charge >= 0.3 is 0 Å². The van der Waals surface area contributed by atoms with Gasteiger partial charge in [0.1, 0.15) is 0 Å².